The summed E-state index contributed by atoms with van der Waals surface area (Å²) in [6, 6.07) is 12.5. The lowest BCUT2D eigenvalue weighted by molar-refractivity contribution is 0.0746. The fourth-order valence-corrected chi connectivity index (χ4v) is 3.79. The second-order valence-corrected chi connectivity index (χ2v) is 6.95. The van der Waals surface area contributed by atoms with Gasteiger partial charge in [0.05, 0.1) is 16.9 Å². The molecule has 3 aromatic rings. The number of pyridine rings is 1. The summed E-state index contributed by atoms with van der Waals surface area (Å²) in [6.45, 7) is 2.37. The minimum Gasteiger partial charge on any atom is -0.366 e. The number of anilines is 1. The highest BCUT2D eigenvalue weighted by Gasteiger charge is 2.23. The molecule has 3 heterocycles. The van der Waals surface area contributed by atoms with Crippen LogP contribution in [0.25, 0.3) is 11.3 Å². The monoisotopic (exact) mass is 367 g/mol. The summed E-state index contributed by atoms with van der Waals surface area (Å²) in [5.74, 6) is -0.247. The molecule has 0 N–H and O–H groups in total. The molecule has 1 aromatic carbocycles. The van der Waals surface area contributed by atoms with E-state index in [1.165, 1.54) is 6.07 Å². The SMILES string of the molecule is O=C(c1ccc(-c2ccsc2)nc1)N1CCN(c2ccccc2F)CC1. The maximum atomic E-state index is 13.9. The molecule has 1 saturated heterocycles. The number of hydrogen-bond donors (Lipinski definition) is 0. The lowest BCUT2D eigenvalue weighted by Gasteiger charge is -2.36. The molecule has 1 fully saturated rings. The number of rotatable bonds is 3. The van der Waals surface area contributed by atoms with Crippen molar-refractivity contribution in [1.29, 1.82) is 0 Å². The van der Waals surface area contributed by atoms with E-state index in [9.17, 15) is 9.18 Å². The third-order valence-electron chi connectivity index (χ3n) is 4.59. The lowest BCUT2D eigenvalue weighted by Crippen LogP contribution is -2.49. The fourth-order valence-electron chi connectivity index (χ4n) is 3.14. The van der Waals surface area contributed by atoms with E-state index in [0.29, 0.717) is 37.4 Å². The zero-order valence-electron chi connectivity index (χ0n) is 14.1. The number of para-hydroxylation sites is 1. The Balaban J connectivity index is 1.41. The Labute approximate surface area is 155 Å². The first kappa shape index (κ1) is 16.7. The minimum absolute atomic E-state index is 0.0254. The van der Waals surface area contributed by atoms with E-state index in [1.54, 1.807) is 34.6 Å². The number of amides is 1. The van der Waals surface area contributed by atoms with Crippen LogP contribution in [0, 0.1) is 5.82 Å². The molecular weight excluding hydrogens is 349 g/mol. The molecule has 1 aliphatic heterocycles. The Morgan fingerprint density at radius 2 is 1.85 bits per heavy atom. The van der Waals surface area contributed by atoms with Crippen molar-refractivity contribution in [2.45, 2.75) is 0 Å². The molecule has 0 aliphatic carbocycles. The van der Waals surface area contributed by atoms with Crippen molar-refractivity contribution in [2.24, 2.45) is 0 Å². The van der Waals surface area contributed by atoms with Crippen LogP contribution < -0.4 is 4.90 Å². The first-order valence-corrected chi connectivity index (χ1v) is 9.44. The van der Waals surface area contributed by atoms with Gasteiger partial charge in [0.15, 0.2) is 0 Å². The zero-order chi connectivity index (χ0) is 17.9. The van der Waals surface area contributed by atoms with E-state index in [2.05, 4.69) is 4.98 Å². The van der Waals surface area contributed by atoms with Crippen molar-refractivity contribution in [3.63, 3.8) is 0 Å². The normalized spacial score (nSPS) is 14.5. The molecule has 132 valence electrons. The third-order valence-corrected chi connectivity index (χ3v) is 5.27. The summed E-state index contributed by atoms with van der Waals surface area (Å²) < 4.78 is 13.9. The van der Waals surface area contributed by atoms with Gasteiger partial charge >= 0.3 is 0 Å². The first-order chi connectivity index (χ1) is 12.7. The van der Waals surface area contributed by atoms with Crippen molar-refractivity contribution in [3.8, 4) is 11.3 Å². The minimum atomic E-state index is -0.222. The summed E-state index contributed by atoms with van der Waals surface area (Å²) in [6.07, 6.45) is 1.64. The molecule has 1 aliphatic rings. The van der Waals surface area contributed by atoms with Crippen LogP contribution in [0.3, 0.4) is 0 Å². The molecule has 0 unspecified atom stereocenters. The van der Waals surface area contributed by atoms with Gasteiger partial charge in [0.25, 0.3) is 5.91 Å². The maximum Gasteiger partial charge on any atom is 0.255 e. The Hall–Kier alpha value is -2.73. The molecular formula is C20H18FN3OS. The predicted octanol–water partition coefficient (Wildman–Crippen LogP) is 3.91. The van der Waals surface area contributed by atoms with E-state index in [4.69, 9.17) is 0 Å². The quantitative estimate of drug-likeness (QED) is 0.704. The largest absolute Gasteiger partial charge is 0.366 e. The molecule has 0 atom stereocenters. The van der Waals surface area contributed by atoms with Crippen LogP contribution in [-0.4, -0.2) is 42.0 Å². The number of halogens is 1. The number of hydrogen-bond acceptors (Lipinski definition) is 4. The Morgan fingerprint density at radius 3 is 2.50 bits per heavy atom. The molecule has 2 aromatic heterocycles. The van der Waals surface area contributed by atoms with E-state index in [0.717, 1.165) is 11.3 Å². The van der Waals surface area contributed by atoms with E-state index in [1.807, 2.05) is 39.9 Å². The fraction of sp³-hybridized carbons (Fsp3) is 0.200. The van der Waals surface area contributed by atoms with Gasteiger partial charge in [0.2, 0.25) is 0 Å². The van der Waals surface area contributed by atoms with Crippen molar-refractivity contribution in [3.05, 3.63) is 70.8 Å². The van der Waals surface area contributed by atoms with Crippen LogP contribution in [0.1, 0.15) is 10.4 Å². The van der Waals surface area contributed by atoms with E-state index in [-0.39, 0.29) is 11.7 Å². The van der Waals surface area contributed by atoms with Gasteiger partial charge in [-0.15, -0.1) is 0 Å². The van der Waals surface area contributed by atoms with E-state index >= 15 is 0 Å². The molecule has 1 amide bonds. The summed E-state index contributed by atoms with van der Waals surface area (Å²) >= 11 is 1.62. The maximum absolute atomic E-state index is 13.9. The number of aromatic nitrogens is 1. The van der Waals surface area contributed by atoms with E-state index < -0.39 is 0 Å². The van der Waals surface area contributed by atoms with Gasteiger partial charge in [0.1, 0.15) is 5.82 Å². The molecule has 0 radical (unpaired) electrons. The van der Waals surface area contributed by atoms with Gasteiger partial charge in [-0.05, 0) is 35.7 Å². The van der Waals surface area contributed by atoms with Crippen molar-refractivity contribution in [1.82, 2.24) is 9.88 Å². The molecule has 0 saturated carbocycles. The lowest BCUT2D eigenvalue weighted by atomic mass is 10.1. The Morgan fingerprint density at radius 1 is 1.04 bits per heavy atom. The van der Waals surface area contributed by atoms with Gasteiger partial charge in [-0.25, -0.2) is 4.39 Å². The highest BCUT2D eigenvalue weighted by atomic mass is 32.1. The van der Waals surface area contributed by atoms with Gasteiger partial charge in [-0.1, -0.05) is 12.1 Å². The molecule has 0 spiro atoms. The van der Waals surface area contributed by atoms with Crippen LogP contribution in [0.2, 0.25) is 0 Å². The standard InChI is InChI=1S/C20H18FN3OS/c21-17-3-1-2-4-19(17)23-8-10-24(11-9-23)20(25)15-5-6-18(22-13-15)16-7-12-26-14-16/h1-7,12-14H,8-11H2. The highest BCUT2D eigenvalue weighted by Crippen LogP contribution is 2.22. The number of nitrogens with zero attached hydrogens (tertiary/aromatic N) is 3. The van der Waals surface area contributed by atoms with Crippen LogP contribution in [-0.2, 0) is 0 Å². The van der Waals surface area contributed by atoms with Crippen LogP contribution in [0.15, 0.2) is 59.4 Å². The van der Waals surface area contributed by atoms with Crippen LogP contribution >= 0.6 is 11.3 Å². The van der Waals surface area contributed by atoms with Crippen molar-refractivity contribution < 1.29 is 9.18 Å². The summed E-state index contributed by atoms with van der Waals surface area (Å²) in [5.41, 5.74) is 3.12. The molecule has 0 bridgehead atoms. The average Bonchev–Trinajstić information content (AvgIpc) is 3.23. The Bertz CT molecular complexity index is 888. The number of carbonyl (C=O) groups is 1. The van der Waals surface area contributed by atoms with Crippen molar-refractivity contribution >= 4 is 22.9 Å². The topological polar surface area (TPSA) is 36.4 Å². The highest BCUT2D eigenvalue weighted by molar-refractivity contribution is 7.08. The summed E-state index contributed by atoms with van der Waals surface area (Å²) in [7, 11) is 0. The molecule has 6 heteroatoms. The third kappa shape index (κ3) is 3.32. The number of benzene rings is 1. The Kier molecular flexibility index (Phi) is 4.67. The number of piperazine rings is 1. The molecule has 4 nitrogen and oxygen atoms in total. The van der Waals surface area contributed by atoms with Crippen molar-refractivity contribution in [2.75, 3.05) is 31.1 Å². The average molecular weight is 367 g/mol. The molecule has 26 heavy (non-hydrogen) atoms. The summed E-state index contributed by atoms with van der Waals surface area (Å²) in [4.78, 5) is 20.9. The van der Waals surface area contributed by atoms with Gasteiger partial charge in [-0.3, -0.25) is 9.78 Å². The number of carbonyl (C=O) groups excluding carboxylic acids is 1. The smallest absolute Gasteiger partial charge is 0.255 e. The molecule has 4 rings (SSSR count). The first-order valence-electron chi connectivity index (χ1n) is 8.50. The zero-order valence-corrected chi connectivity index (χ0v) is 15.0. The van der Waals surface area contributed by atoms with Gasteiger partial charge < -0.3 is 9.80 Å². The number of thiophene rings is 1. The second kappa shape index (κ2) is 7.25. The summed E-state index contributed by atoms with van der Waals surface area (Å²) in [5, 5.41) is 4.04. The predicted molar refractivity (Wildman–Crippen MR) is 102 cm³/mol. The van der Waals surface area contributed by atoms with Crippen LogP contribution in [0.5, 0.6) is 0 Å². The van der Waals surface area contributed by atoms with Gasteiger partial charge in [0, 0.05) is 43.3 Å². The van der Waals surface area contributed by atoms with Crippen LogP contribution in [0.4, 0.5) is 10.1 Å². The second-order valence-electron chi connectivity index (χ2n) is 6.17. The van der Waals surface area contributed by atoms with Gasteiger partial charge in [-0.2, -0.15) is 11.3 Å².